The lowest BCUT2D eigenvalue weighted by molar-refractivity contribution is -0.000386. The summed E-state index contributed by atoms with van der Waals surface area (Å²) in [6.45, 7) is 4.93. The summed E-state index contributed by atoms with van der Waals surface area (Å²) >= 11 is 0. The van der Waals surface area contributed by atoms with Crippen LogP contribution in [0.5, 0.6) is 5.88 Å². The molecule has 5 heteroatoms. The molecule has 3 heterocycles. The third kappa shape index (κ3) is 4.29. The van der Waals surface area contributed by atoms with Gasteiger partial charge >= 0.3 is 0 Å². The first-order valence-corrected chi connectivity index (χ1v) is 10.7. The minimum atomic E-state index is 0.0270. The van der Waals surface area contributed by atoms with Crippen molar-refractivity contribution >= 4 is 10.9 Å². The molecule has 1 saturated heterocycles. The van der Waals surface area contributed by atoms with Gasteiger partial charge in [-0.05, 0) is 24.6 Å². The highest BCUT2D eigenvalue weighted by Crippen LogP contribution is 2.35. The van der Waals surface area contributed by atoms with E-state index in [-0.39, 0.29) is 6.10 Å². The van der Waals surface area contributed by atoms with Gasteiger partial charge in [-0.25, -0.2) is 9.97 Å². The summed E-state index contributed by atoms with van der Waals surface area (Å²) in [7, 11) is 0. The largest absolute Gasteiger partial charge is 0.474 e. The predicted molar refractivity (Wildman–Crippen MR) is 123 cm³/mol. The number of hydrogen-bond donors (Lipinski definition) is 1. The van der Waals surface area contributed by atoms with Crippen molar-refractivity contribution in [2.45, 2.75) is 13.0 Å². The van der Waals surface area contributed by atoms with E-state index in [0.29, 0.717) is 19.1 Å². The van der Waals surface area contributed by atoms with Gasteiger partial charge in [0.1, 0.15) is 12.7 Å². The maximum absolute atomic E-state index is 6.09. The van der Waals surface area contributed by atoms with E-state index in [1.54, 1.807) is 6.20 Å². The Morgan fingerprint density at radius 3 is 2.65 bits per heavy atom. The zero-order valence-corrected chi connectivity index (χ0v) is 17.5. The standard InChI is InChI=1S/C26H25N3O2/c1-18-7-9-20(10-8-18)25-22(19-5-3-2-4-6-19)15-23-24(29-25)11-12-28-26(23)31-17-21-16-27-13-14-30-21/h2-12,15,21,27H,13-14,16-17H2,1H3. The van der Waals surface area contributed by atoms with Gasteiger partial charge in [-0.1, -0.05) is 60.2 Å². The molecule has 0 amide bonds. The van der Waals surface area contributed by atoms with Crippen LogP contribution in [-0.2, 0) is 4.74 Å². The van der Waals surface area contributed by atoms with Gasteiger partial charge in [0.25, 0.3) is 0 Å². The quantitative estimate of drug-likeness (QED) is 0.519. The van der Waals surface area contributed by atoms with E-state index in [2.05, 4.69) is 59.7 Å². The van der Waals surface area contributed by atoms with Crippen LogP contribution in [0.1, 0.15) is 5.56 Å². The molecule has 0 bridgehead atoms. The third-order valence-corrected chi connectivity index (χ3v) is 5.53. The molecule has 1 N–H and O–H groups in total. The molecule has 0 aliphatic carbocycles. The molecule has 1 fully saturated rings. The second-order valence-electron chi connectivity index (χ2n) is 7.81. The molecule has 2 aromatic carbocycles. The Labute approximate surface area is 182 Å². The lowest BCUT2D eigenvalue weighted by Gasteiger charge is -2.23. The lowest BCUT2D eigenvalue weighted by atomic mass is 9.97. The van der Waals surface area contributed by atoms with Crippen LogP contribution in [0, 0.1) is 6.92 Å². The topological polar surface area (TPSA) is 56.3 Å². The second kappa shape index (κ2) is 8.84. The minimum absolute atomic E-state index is 0.0270. The Bertz CT molecular complexity index is 1170. The first-order chi connectivity index (χ1) is 15.3. The van der Waals surface area contributed by atoms with E-state index in [9.17, 15) is 0 Å². The van der Waals surface area contributed by atoms with Crippen molar-refractivity contribution < 1.29 is 9.47 Å². The second-order valence-corrected chi connectivity index (χ2v) is 7.81. The Morgan fingerprint density at radius 2 is 1.87 bits per heavy atom. The Morgan fingerprint density at radius 1 is 1.03 bits per heavy atom. The van der Waals surface area contributed by atoms with Crippen LogP contribution >= 0.6 is 0 Å². The summed E-state index contributed by atoms with van der Waals surface area (Å²) in [5.41, 5.74) is 6.31. The van der Waals surface area contributed by atoms with Crippen molar-refractivity contribution in [1.82, 2.24) is 15.3 Å². The lowest BCUT2D eigenvalue weighted by Crippen LogP contribution is -2.41. The molecule has 1 atom stereocenters. The monoisotopic (exact) mass is 411 g/mol. The summed E-state index contributed by atoms with van der Waals surface area (Å²) in [6.07, 6.45) is 1.78. The van der Waals surface area contributed by atoms with Crippen LogP contribution in [0.2, 0.25) is 0 Å². The molecule has 5 nitrogen and oxygen atoms in total. The molecule has 2 aromatic heterocycles. The number of nitrogens with one attached hydrogen (secondary N) is 1. The van der Waals surface area contributed by atoms with Gasteiger partial charge < -0.3 is 14.8 Å². The van der Waals surface area contributed by atoms with Crippen molar-refractivity contribution in [3.05, 3.63) is 78.5 Å². The van der Waals surface area contributed by atoms with E-state index in [1.165, 1.54) is 5.56 Å². The number of ether oxygens (including phenoxy) is 2. The first-order valence-electron chi connectivity index (χ1n) is 10.7. The molecule has 0 radical (unpaired) electrons. The van der Waals surface area contributed by atoms with Crippen LogP contribution in [0.3, 0.4) is 0 Å². The third-order valence-electron chi connectivity index (χ3n) is 5.53. The molecule has 5 rings (SSSR count). The van der Waals surface area contributed by atoms with Crippen molar-refractivity contribution in [3.63, 3.8) is 0 Å². The highest BCUT2D eigenvalue weighted by molar-refractivity contribution is 5.93. The van der Waals surface area contributed by atoms with Crippen LogP contribution in [0.25, 0.3) is 33.3 Å². The Balaban J connectivity index is 1.59. The summed E-state index contributed by atoms with van der Waals surface area (Å²) in [4.78, 5) is 9.55. The summed E-state index contributed by atoms with van der Waals surface area (Å²) in [6, 6.07) is 22.9. The van der Waals surface area contributed by atoms with Crippen molar-refractivity contribution in [2.75, 3.05) is 26.3 Å². The van der Waals surface area contributed by atoms with Crippen LogP contribution in [0.15, 0.2) is 72.9 Å². The van der Waals surface area contributed by atoms with Crippen molar-refractivity contribution in [2.24, 2.45) is 0 Å². The zero-order valence-electron chi connectivity index (χ0n) is 17.5. The number of rotatable bonds is 5. The average Bonchev–Trinajstić information content (AvgIpc) is 2.83. The predicted octanol–water partition coefficient (Wildman–Crippen LogP) is 4.64. The zero-order chi connectivity index (χ0) is 21.0. The van der Waals surface area contributed by atoms with E-state index in [0.717, 1.165) is 46.4 Å². The maximum Gasteiger partial charge on any atom is 0.223 e. The number of aromatic nitrogens is 2. The number of hydrogen-bond acceptors (Lipinski definition) is 5. The van der Waals surface area contributed by atoms with Gasteiger partial charge in [-0.3, -0.25) is 0 Å². The molecule has 1 aliphatic heterocycles. The normalized spacial score (nSPS) is 16.4. The van der Waals surface area contributed by atoms with E-state index >= 15 is 0 Å². The molecular formula is C26H25N3O2. The molecule has 31 heavy (non-hydrogen) atoms. The Hall–Kier alpha value is -3.28. The number of fused-ring (bicyclic) bond motifs is 1. The highest BCUT2D eigenvalue weighted by Gasteiger charge is 2.17. The van der Waals surface area contributed by atoms with E-state index in [4.69, 9.17) is 14.5 Å². The van der Waals surface area contributed by atoms with Gasteiger partial charge in [0.15, 0.2) is 0 Å². The van der Waals surface area contributed by atoms with Gasteiger partial charge in [-0.15, -0.1) is 0 Å². The van der Waals surface area contributed by atoms with Crippen LogP contribution in [0.4, 0.5) is 0 Å². The summed E-state index contributed by atoms with van der Waals surface area (Å²) in [5, 5.41) is 4.23. The van der Waals surface area contributed by atoms with Gasteiger partial charge in [-0.2, -0.15) is 0 Å². The number of benzene rings is 2. The highest BCUT2D eigenvalue weighted by atomic mass is 16.5. The Kier molecular flexibility index (Phi) is 5.61. The summed E-state index contributed by atoms with van der Waals surface area (Å²) in [5.74, 6) is 0.590. The fourth-order valence-corrected chi connectivity index (χ4v) is 3.85. The molecule has 1 unspecified atom stereocenters. The van der Waals surface area contributed by atoms with Crippen molar-refractivity contribution in [3.8, 4) is 28.3 Å². The first kappa shape index (κ1) is 19.7. The summed E-state index contributed by atoms with van der Waals surface area (Å²) < 4.78 is 11.9. The molecular weight excluding hydrogens is 386 g/mol. The van der Waals surface area contributed by atoms with Crippen molar-refractivity contribution in [1.29, 1.82) is 0 Å². The minimum Gasteiger partial charge on any atom is -0.474 e. The molecule has 0 spiro atoms. The van der Waals surface area contributed by atoms with Gasteiger partial charge in [0.05, 0.1) is 23.2 Å². The van der Waals surface area contributed by atoms with Gasteiger partial charge in [0, 0.05) is 30.4 Å². The van der Waals surface area contributed by atoms with Gasteiger partial charge in [0.2, 0.25) is 5.88 Å². The molecule has 4 aromatic rings. The number of nitrogens with zero attached hydrogens (tertiary/aromatic N) is 2. The molecule has 156 valence electrons. The van der Waals surface area contributed by atoms with E-state index in [1.807, 2.05) is 24.3 Å². The molecule has 1 aliphatic rings. The van der Waals surface area contributed by atoms with E-state index < -0.39 is 0 Å². The van der Waals surface area contributed by atoms with Crippen LogP contribution < -0.4 is 10.1 Å². The fourth-order valence-electron chi connectivity index (χ4n) is 3.85. The molecule has 0 saturated carbocycles. The van der Waals surface area contributed by atoms with Crippen LogP contribution in [-0.4, -0.2) is 42.4 Å². The fraction of sp³-hybridized carbons (Fsp3) is 0.231. The smallest absolute Gasteiger partial charge is 0.223 e. The maximum atomic E-state index is 6.09. The number of morpholine rings is 1. The number of aryl methyl sites for hydroxylation is 1. The average molecular weight is 412 g/mol. The number of pyridine rings is 2. The SMILES string of the molecule is Cc1ccc(-c2nc3ccnc(OCC4CNCCO4)c3cc2-c2ccccc2)cc1.